The number of anilines is 1. The largest absolute Gasteiger partial charge is 0.435 e. The standard InChI is InChI=1S/C10H10F3N5S2/c1-2-5-14-8-17-18-9(20-8)19-7-4-3-6(15-16-7)10(11,12)13/h3-4H,2,5H2,1H3,(H,14,17). The Morgan fingerprint density at radius 2 is 2.00 bits per heavy atom. The van der Waals surface area contributed by atoms with E-state index in [-0.39, 0.29) is 0 Å². The number of alkyl halides is 3. The van der Waals surface area contributed by atoms with Crippen molar-refractivity contribution in [3.63, 3.8) is 0 Å². The number of nitrogens with one attached hydrogen (secondary N) is 1. The highest BCUT2D eigenvalue weighted by molar-refractivity contribution is 8.01. The monoisotopic (exact) mass is 321 g/mol. The average molecular weight is 321 g/mol. The Labute approximate surface area is 121 Å². The second-order valence-corrected chi connectivity index (χ2v) is 5.90. The van der Waals surface area contributed by atoms with Crippen molar-refractivity contribution in [2.75, 3.05) is 11.9 Å². The highest BCUT2D eigenvalue weighted by Crippen LogP contribution is 2.32. The van der Waals surface area contributed by atoms with E-state index in [1.165, 1.54) is 17.4 Å². The molecule has 0 fully saturated rings. The van der Waals surface area contributed by atoms with Crippen molar-refractivity contribution in [3.05, 3.63) is 17.8 Å². The molecule has 0 unspecified atom stereocenters. The van der Waals surface area contributed by atoms with Gasteiger partial charge < -0.3 is 5.32 Å². The third-order valence-corrected chi connectivity index (χ3v) is 3.91. The Bertz CT molecular complexity index is 555. The van der Waals surface area contributed by atoms with E-state index in [0.717, 1.165) is 30.8 Å². The van der Waals surface area contributed by atoms with Crippen LogP contribution in [0, 0.1) is 0 Å². The molecule has 0 aromatic carbocycles. The van der Waals surface area contributed by atoms with Crippen molar-refractivity contribution in [1.29, 1.82) is 0 Å². The lowest BCUT2D eigenvalue weighted by Crippen LogP contribution is -2.08. The molecular formula is C10H10F3N5S2. The van der Waals surface area contributed by atoms with Gasteiger partial charge in [0.1, 0.15) is 5.03 Å². The van der Waals surface area contributed by atoms with Crippen molar-refractivity contribution < 1.29 is 13.2 Å². The summed E-state index contributed by atoms with van der Waals surface area (Å²) in [7, 11) is 0. The van der Waals surface area contributed by atoms with Crippen molar-refractivity contribution in [2.45, 2.75) is 28.9 Å². The molecule has 2 rings (SSSR count). The van der Waals surface area contributed by atoms with Gasteiger partial charge >= 0.3 is 6.18 Å². The van der Waals surface area contributed by atoms with Crippen LogP contribution in [0.3, 0.4) is 0 Å². The minimum absolute atomic E-state index is 0.344. The molecule has 0 aliphatic carbocycles. The molecule has 20 heavy (non-hydrogen) atoms. The molecule has 1 N–H and O–H groups in total. The van der Waals surface area contributed by atoms with Crippen LogP contribution in [-0.2, 0) is 6.18 Å². The number of rotatable bonds is 5. The number of aromatic nitrogens is 4. The maximum absolute atomic E-state index is 12.3. The molecule has 0 aliphatic heterocycles. The van der Waals surface area contributed by atoms with Crippen LogP contribution < -0.4 is 5.32 Å². The summed E-state index contributed by atoms with van der Waals surface area (Å²) >= 11 is 2.44. The highest BCUT2D eigenvalue weighted by Gasteiger charge is 2.32. The number of nitrogens with zero attached hydrogens (tertiary/aromatic N) is 4. The van der Waals surface area contributed by atoms with Gasteiger partial charge in [0, 0.05) is 6.54 Å². The van der Waals surface area contributed by atoms with E-state index in [0.29, 0.717) is 14.5 Å². The first kappa shape index (κ1) is 15.0. The summed E-state index contributed by atoms with van der Waals surface area (Å²) in [6.07, 6.45) is -3.51. The quantitative estimate of drug-likeness (QED) is 0.911. The first-order valence-electron chi connectivity index (χ1n) is 5.65. The summed E-state index contributed by atoms with van der Waals surface area (Å²) in [6, 6.07) is 2.16. The van der Waals surface area contributed by atoms with Gasteiger partial charge in [-0.15, -0.1) is 20.4 Å². The van der Waals surface area contributed by atoms with Gasteiger partial charge in [-0.2, -0.15) is 13.2 Å². The summed E-state index contributed by atoms with van der Waals surface area (Å²) < 4.78 is 37.6. The molecule has 5 nitrogen and oxygen atoms in total. The second-order valence-electron chi connectivity index (χ2n) is 3.66. The zero-order valence-corrected chi connectivity index (χ0v) is 11.9. The van der Waals surface area contributed by atoms with Crippen LogP contribution in [0.5, 0.6) is 0 Å². The van der Waals surface area contributed by atoms with Gasteiger partial charge in [-0.3, -0.25) is 0 Å². The highest BCUT2D eigenvalue weighted by atomic mass is 32.2. The maximum Gasteiger partial charge on any atom is 0.435 e. The fourth-order valence-corrected chi connectivity index (χ4v) is 2.81. The SMILES string of the molecule is CCCNc1nnc(Sc2ccc(C(F)(F)F)nn2)s1. The molecule has 0 bridgehead atoms. The average Bonchev–Trinajstić information content (AvgIpc) is 2.83. The van der Waals surface area contributed by atoms with E-state index < -0.39 is 11.9 Å². The minimum Gasteiger partial charge on any atom is -0.360 e. The molecule has 0 atom stereocenters. The lowest BCUT2D eigenvalue weighted by Gasteiger charge is -2.03. The smallest absolute Gasteiger partial charge is 0.360 e. The third kappa shape index (κ3) is 4.04. The second kappa shape index (κ2) is 6.35. The number of halogens is 3. The van der Waals surface area contributed by atoms with Gasteiger partial charge in [0.05, 0.1) is 0 Å². The minimum atomic E-state index is -4.48. The zero-order chi connectivity index (χ0) is 14.6. The van der Waals surface area contributed by atoms with Crippen LogP contribution in [0.15, 0.2) is 21.5 Å². The zero-order valence-electron chi connectivity index (χ0n) is 10.3. The van der Waals surface area contributed by atoms with Crippen LogP contribution in [-0.4, -0.2) is 26.9 Å². The van der Waals surface area contributed by atoms with Crippen LogP contribution in [0.1, 0.15) is 19.0 Å². The maximum atomic E-state index is 12.3. The first-order valence-corrected chi connectivity index (χ1v) is 7.28. The van der Waals surface area contributed by atoms with E-state index in [9.17, 15) is 13.2 Å². The Hall–Kier alpha value is -1.42. The third-order valence-electron chi connectivity index (χ3n) is 2.06. The van der Waals surface area contributed by atoms with E-state index >= 15 is 0 Å². The van der Waals surface area contributed by atoms with Gasteiger partial charge in [-0.1, -0.05) is 18.3 Å². The van der Waals surface area contributed by atoms with E-state index in [1.54, 1.807) is 0 Å². The Morgan fingerprint density at radius 1 is 1.20 bits per heavy atom. The summed E-state index contributed by atoms with van der Waals surface area (Å²) in [6.45, 7) is 2.82. The van der Waals surface area contributed by atoms with Crippen molar-refractivity contribution in [1.82, 2.24) is 20.4 Å². The molecule has 0 spiro atoms. The predicted molar refractivity (Wildman–Crippen MR) is 69.8 cm³/mol. The molecular weight excluding hydrogens is 311 g/mol. The van der Waals surface area contributed by atoms with E-state index in [1.807, 2.05) is 6.92 Å². The summed E-state index contributed by atoms with van der Waals surface area (Å²) in [5.41, 5.74) is -1.01. The molecule has 0 aliphatic rings. The Balaban J connectivity index is 2.01. The van der Waals surface area contributed by atoms with Crippen molar-refractivity contribution in [2.24, 2.45) is 0 Å². The van der Waals surface area contributed by atoms with Gasteiger partial charge in [0.15, 0.2) is 10.0 Å². The Kier molecular flexibility index (Phi) is 4.76. The summed E-state index contributed by atoms with van der Waals surface area (Å²) in [4.78, 5) is 0. The molecule has 108 valence electrons. The van der Waals surface area contributed by atoms with Gasteiger partial charge in [0.2, 0.25) is 5.13 Å². The Morgan fingerprint density at radius 3 is 2.60 bits per heavy atom. The summed E-state index contributed by atoms with van der Waals surface area (Å²) in [5, 5.41) is 18.6. The van der Waals surface area contributed by atoms with Crippen LogP contribution >= 0.6 is 23.1 Å². The molecule has 2 aromatic rings. The fourth-order valence-electron chi connectivity index (χ4n) is 1.17. The van der Waals surface area contributed by atoms with E-state index in [2.05, 4.69) is 25.7 Å². The predicted octanol–water partition coefficient (Wildman–Crippen LogP) is 3.32. The van der Waals surface area contributed by atoms with Crippen molar-refractivity contribution in [3.8, 4) is 0 Å². The first-order chi connectivity index (χ1) is 9.49. The van der Waals surface area contributed by atoms with E-state index in [4.69, 9.17) is 0 Å². The lowest BCUT2D eigenvalue weighted by molar-refractivity contribution is -0.141. The van der Waals surface area contributed by atoms with Gasteiger partial charge in [-0.05, 0) is 30.3 Å². The molecule has 2 aromatic heterocycles. The normalized spacial score (nSPS) is 11.6. The number of hydrogen-bond acceptors (Lipinski definition) is 7. The molecule has 2 heterocycles. The van der Waals surface area contributed by atoms with Crippen LogP contribution in [0.4, 0.5) is 18.3 Å². The molecule has 0 saturated heterocycles. The molecule has 0 radical (unpaired) electrons. The van der Waals surface area contributed by atoms with Crippen LogP contribution in [0.2, 0.25) is 0 Å². The van der Waals surface area contributed by atoms with Crippen molar-refractivity contribution >= 4 is 28.2 Å². The number of hydrogen-bond donors (Lipinski definition) is 1. The summed E-state index contributed by atoms with van der Waals surface area (Å²) in [5.74, 6) is 0. The molecule has 0 amide bonds. The lowest BCUT2D eigenvalue weighted by atomic mass is 10.4. The van der Waals surface area contributed by atoms with Gasteiger partial charge in [-0.25, -0.2) is 0 Å². The van der Waals surface area contributed by atoms with Crippen LogP contribution in [0.25, 0.3) is 0 Å². The molecule has 0 saturated carbocycles. The van der Waals surface area contributed by atoms with Gasteiger partial charge in [0.25, 0.3) is 0 Å². The fraction of sp³-hybridized carbons (Fsp3) is 0.400. The topological polar surface area (TPSA) is 63.6 Å². The molecule has 10 heteroatoms.